The maximum absolute atomic E-state index is 13.5. The first-order chi connectivity index (χ1) is 14.0. The average Bonchev–Trinajstić information content (AvgIpc) is 2.96. The van der Waals surface area contributed by atoms with Gasteiger partial charge in [0.15, 0.2) is 0 Å². The van der Waals surface area contributed by atoms with E-state index >= 15 is 0 Å². The molecule has 1 fully saturated rings. The highest BCUT2D eigenvalue weighted by molar-refractivity contribution is 6.08. The Morgan fingerprint density at radius 2 is 1.72 bits per heavy atom. The lowest BCUT2D eigenvalue weighted by molar-refractivity contribution is -0.133. The highest BCUT2D eigenvalue weighted by Crippen LogP contribution is 2.46. The van der Waals surface area contributed by atoms with Gasteiger partial charge < -0.3 is 15.5 Å². The van der Waals surface area contributed by atoms with Gasteiger partial charge in [-0.1, -0.05) is 48.5 Å². The van der Waals surface area contributed by atoms with Crippen LogP contribution in [0.4, 0.5) is 5.69 Å². The number of hydrogen-bond acceptors (Lipinski definition) is 3. The molecule has 2 N–H and O–H groups in total. The number of benzene rings is 2. The number of piperidine rings is 1. The molecule has 0 aliphatic carbocycles. The molecule has 29 heavy (non-hydrogen) atoms. The summed E-state index contributed by atoms with van der Waals surface area (Å²) in [6, 6.07) is 18.3. The van der Waals surface area contributed by atoms with Crippen molar-refractivity contribution < 1.29 is 9.59 Å². The minimum atomic E-state index is -0.700. The van der Waals surface area contributed by atoms with Crippen LogP contribution in [0, 0.1) is 0 Å². The molecule has 1 atom stereocenters. The Balaban J connectivity index is 1.61. The van der Waals surface area contributed by atoms with Gasteiger partial charge in [0, 0.05) is 38.3 Å². The Kier molecular flexibility index (Phi) is 5.41. The number of anilines is 1. The predicted molar refractivity (Wildman–Crippen MR) is 115 cm³/mol. The lowest BCUT2D eigenvalue weighted by Crippen LogP contribution is -2.45. The van der Waals surface area contributed by atoms with Crippen LogP contribution in [0.2, 0.25) is 0 Å². The molecule has 0 radical (unpaired) electrons. The number of para-hydroxylation sites is 1. The average molecular weight is 392 g/mol. The van der Waals surface area contributed by atoms with E-state index in [0.717, 1.165) is 42.7 Å². The Morgan fingerprint density at radius 3 is 2.45 bits per heavy atom. The second kappa shape index (κ2) is 7.99. The summed E-state index contributed by atoms with van der Waals surface area (Å²) < 4.78 is 0. The molecule has 1 saturated heterocycles. The number of rotatable bonds is 5. The van der Waals surface area contributed by atoms with Crippen molar-refractivity contribution in [3.63, 3.8) is 0 Å². The first-order valence-corrected chi connectivity index (χ1v) is 10.5. The standard InChI is InChI=1S/C24H29N3O2/c1-26-21-10-6-5-9-20(21)24(23(26)29,17-18-7-3-2-4-8-18)14-11-22(28)27-15-12-19(25)13-16-27/h2-10,19H,11-17,25H2,1H3. The van der Waals surface area contributed by atoms with E-state index in [-0.39, 0.29) is 17.9 Å². The van der Waals surface area contributed by atoms with Crippen molar-refractivity contribution in [3.8, 4) is 0 Å². The minimum Gasteiger partial charge on any atom is -0.343 e. The number of likely N-dealkylation sites (tertiary alicyclic amines) is 1. The number of fused-ring (bicyclic) bond motifs is 1. The molecule has 0 saturated carbocycles. The number of amides is 2. The molecule has 2 heterocycles. The maximum Gasteiger partial charge on any atom is 0.237 e. The fourth-order valence-electron chi connectivity index (χ4n) is 4.79. The van der Waals surface area contributed by atoms with Gasteiger partial charge in [0.05, 0.1) is 5.41 Å². The molecule has 4 rings (SSSR count). The summed E-state index contributed by atoms with van der Waals surface area (Å²) in [5.74, 6) is 0.209. The smallest absolute Gasteiger partial charge is 0.237 e. The van der Waals surface area contributed by atoms with Crippen LogP contribution in [0.3, 0.4) is 0 Å². The fourth-order valence-corrected chi connectivity index (χ4v) is 4.79. The molecule has 5 heteroatoms. The Morgan fingerprint density at radius 1 is 1.07 bits per heavy atom. The number of nitrogens with two attached hydrogens (primary N) is 1. The van der Waals surface area contributed by atoms with Gasteiger partial charge in [0.1, 0.15) is 0 Å². The van der Waals surface area contributed by atoms with Gasteiger partial charge in [-0.2, -0.15) is 0 Å². The molecule has 2 amide bonds. The van der Waals surface area contributed by atoms with Gasteiger partial charge in [-0.15, -0.1) is 0 Å². The van der Waals surface area contributed by atoms with Crippen molar-refractivity contribution in [2.45, 2.75) is 43.6 Å². The van der Waals surface area contributed by atoms with Crippen LogP contribution >= 0.6 is 0 Å². The van der Waals surface area contributed by atoms with E-state index < -0.39 is 5.41 Å². The van der Waals surface area contributed by atoms with Crippen molar-refractivity contribution >= 4 is 17.5 Å². The van der Waals surface area contributed by atoms with Gasteiger partial charge in [-0.05, 0) is 42.9 Å². The summed E-state index contributed by atoms with van der Waals surface area (Å²) in [6.07, 6.45) is 3.20. The van der Waals surface area contributed by atoms with Crippen LogP contribution < -0.4 is 10.6 Å². The number of nitrogens with zero attached hydrogens (tertiary/aromatic N) is 2. The first kappa shape index (κ1) is 19.6. The quantitative estimate of drug-likeness (QED) is 0.852. The maximum atomic E-state index is 13.5. The van der Waals surface area contributed by atoms with E-state index in [2.05, 4.69) is 12.1 Å². The Labute approximate surface area is 172 Å². The molecule has 2 aromatic rings. The molecule has 2 aliphatic heterocycles. The zero-order valence-corrected chi connectivity index (χ0v) is 17.0. The number of carbonyl (C=O) groups excluding carboxylic acids is 2. The van der Waals surface area contributed by atoms with Crippen LogP contribution in [0.1, 0.15) is 36.8 Å². The third-order valence-corrected chi connectivity index (χ3v) is 6.50. The molecule has 0 spiro atoms. The van der Waals surface area contributed by atoms with Crippen LogP contribution in [0.5, 0.6) is 0 Å². The van der Waals surface area contributed by atoms with Crippen LogP contribution in [-0.2, 0) is 21.4 Å². The predicted octanol–water partition coefficient (Wildman–Crippen LogP) is 2.87. The lowest BCUT2D eigenvalue weighted by Gasteiger charge is -2.32. The second-order valence-corrected chi connectivity index (χ2v) is 8.34. The van der Waals surface area contributed by atoms with Crippen molar-refractivity contribution in [1.82, 2.24) is 4.90 Å². The van der Waals surface area contributed by atoms with Gasteiger partial charge >= 0.3 is 0 Å². The topological polar surface area (TPSA) is 66.6 Å². The third kappa shape index (κ3) is 3.67. The largest absolute Gasteiger partial charge is 0.343 e. The summed E-state index contributed by atoms with van der Waals surface area (Å²) >= 11 is 0. The monoisotopic (exact) mass is 391 g/mol. The van der Waals surface area contributed by atoms with Crippen molar-refractivity contribution in [3.05, 3.63) is 65.7 Å². The van der Waals surface area contributed by atoms with E-state index in [9.17, 15) is 9.59 Å². The normalized spacial score (nSPS) is 22.1. The highest BCUT2D eigenvalue weighted by atomic mass is 16.2. The zero-order chi connectivity index (χ0) is 20.4. The molecule has 0 bridgehead atoms. The third-order valence-electron chi connectivity index (χ3n) is 6.50. The molecule has 2 aromatic carbocycles. The summed E-state index contributed by atoms with van der Waals surface area (Å²) in [4.78, 5) is 30.1. The fraction of sp³-hybridized carbons (Fsp3) is 0.417. The summed E-state index contributed by atoms with van der Waals surface area (Å²) in [7, 11) is 1.84. The van der Waals surface area contributed by atoms with E-state index in [1.54, 1.807) is 4.90 Å². The van der Waals surface area contributed by atoms with E-state index in [1.807, 2.05) is 54.4 Å². The summed E-state index contributed by atoms with van der Waals surface area (Å²) in [6.45, 7) is 1.44. The van der Waals surface area contributed by atoms with Crippen molar-refractivity contribution in [2.24, 2.45) is 5.73 Å². The Hall–Kier alpha value is -2.66. The van der Waals surface area contributed by atoms with Gasteiger partial charge in [-0.3, -0.25) is 9.59 Å². The molecule has 5 nitrogen and oxygen atoms in total. The minimum absolute atomic E-state index is 0.0796. The molecule has 2 aliphatic rings. The van der Waals surface area contributed by atoms with Gasteiger partial charge in [0.25, 0.3) is 0 Å². The zero-order valence-electron chi connectivity index (χ0n) is 17.0. The van der Waals surface area contributed by atoms with Gasteiger partial charge in [0.2, 0.25) is 11.8 Å². The molecule has 152 valence electrons. The van der Waals surface area contributed by atoms with Crippen LogP contribution in [0.25, 0.3) is 0 Å². The second-order valence-electron chi connectivity index (χ2n) is 8.34. The number of likely N-dealkylation sites (N-methyl/N-ethyl adjacent to an activating group) is 1. The number of carbonyl (C=O) groups is 2. The Bertz CT molecular complexity index is 890. The van der Waals surface area contributed by atoms with Crippen LogP contribution in [0.15, 0.2) is 54.6 Å². The first-order valence-electron chi connectivity index (χ1n) is 10.5. The highest BCUT2D eigenvalue weighted by Gasteiger charge is 2.49. The summed E-state index contributed by atoms with van der Waals surface area (Å²) in [5.41, 5.74) is 8.37. The van der Waals surface area contributed by atoms with Crippen molar-refractivity contribution in [1.29, 1.82) is 0 Å². The van der Waals surface area contributed by atoms with E-state index in [0.29, 0.717) is 19.3 Å². The van der Waals surface area contributed by atoms with E-state index in [4.69, 9.17) is 5.73 Å². The van der Waals surface area contributed by atoms with Crippen LogP contribution in [-0.4, -0.2) is 42.9 Å². The molecule has 0 aromatic heterocycles. The molecular formula is C24H29N3O2. The summed E-state index contributed by atoms with van der Waals surface area (Å²) in [5, 5.41) is 0. The lowest BCUT2D eigenvalue weighted by atomic mass is 9.73. The van der Waals surface area contributed by atoms with E-state index in [1.165, 1.54) is 0 Å². The number of hydrogen-bond donors (Lipinski definition) is 1. The van der Waals surface area contributed by atoms with Crippen molar-refractivity contribution in [2.75, 3.05) is 25.0 Å². The SMILES string of the molecule is CN1C(=O)C(CCC(=O)N2CCC(N)CC2)(Cc2ccccc2)c2ccccc21. The molecule has 1 unspecified atom stereocenters. The van der Waals surface area contributed by atoms with Gasteiger partial charge in [-0.25, -0.2) is 0 Å². The molecular weight excluding hydrogens is 362 g/mol.